The summed E-state index contributed by atoms with van der Waals surface area (Å²) in [7, 11) is 0. The molecule has 1 fully saturated rings. The van der Waals surface area contributed by atoms with E-state index in [1.165, 1.54) is 0 Å². The number of benzene rings is 2. The van der Waals surface area contributed by atoms with Crippen LogP contribution in [0.1, 0.15) is 46.1 Å². The zero-order valence-electron chi connectivity index (χ0n) is 15.7. The van der Waals surface area contributed by atoms with E-state index in [4.69, 9.17) is 4.42 Å². The van der Waals surface area contributed by atoms with Gasteiger partial charge < -0.3 is 9.32 Å². The Morgan fingerprint density at radius 3 is 2.56 bits per heavy atom. The first-order valence-electron chi connectivity index (χ1n) is 9.36. The number of aryl methyl sites for hydroxylation is 2. The lowest BCUT2D eigenvalue weighted by molar-refractivity contribution is 0.0698. The highest BCUT2D eigenvalue weighted by Crippen LogP contribution is 2.29. The van der Waals surface area contributed by atoms with Crippen molar-refractivity contribution in [3.8, 4) is 11.5 Å². The predicted octanol–water partition coefficient (Wildman–Crippen LogP) is 4.37. The van der Waals surface area contributed by atoms with Crippen molar-refractivity contribution >= 4 is 5.91 Å². The number of nitrogens with zero attached hydrogens (tertiary/aromatic N) is 3. The third-order valence-corrected chi connectivity index (χ3v) is 4.99. The Kier molecular flexibility index (Phi) is 4.75. The van der Waals surface area contributed by atoms with E-state index in [1.807, 2.05) is 61.2 Å². The SMILES string of the molecule is Cc1cc(C)cc(C(=O)N2CCC[C@@H](c3nnc(-c4ccccc4)o3)C2)c1. The van der Waals surface area contributed by atoms with Gasteiger partial charge in [0.15, 0.2) is 0 Å². The molecule has 138 valence electrons. The zero-order chi connectivity index (χ0) is 18.8. The van der Waals surface area contributed by atoms with Gasteiger partial charge in [0.2, 0.25) is 11.8 Å². The van der Waals surface area contributed by atoms with E-state index in [-0.39, 0.29) is 11.8 Å². The van der Waals surface area contributed by atoms with Crippen LogP contribution in [0, 0.1) is 13.8 Å². The Balaban J connectivity index is 1.51. The molecule has 1 aromatic heterocycles. The molecule has 27 heavy (non-hydrogen) atoms. The molecule has 0 bridgehead atoms. The molecule has 1 atom stereocenters. The summed E-state index contributed by atoms with van der Waals surface area (Å²) in [6.45, 7) is 5.42. The molecule has 1 amide bonds. The fourth-order valence-corrected chi connectivity index (χ4v) is 3.74. The average Bonchev–Trinajstić information content (AvgIpc) is 3.18. The first-order chi connectivity index (χ1) is 13.1. The summed E-state index contributed by atoms with van der Waals surface area (Å²) in [6, 6.07) is 15.8. The van der Waals surface area contributed by atoms with Crippen molar-refractivity contribution in [3.05, 3.63) is 71.1 Å². The Labute approximate surface area is 159 Å². The van der Waals surface area contributed by atoms with Gasteiger partial charge in [-0.05, 0) is 51.0 Å². The molecule has 5 heteroatoms. The van der Waals surface area contributed by atoms with E-state index < -0.39 is 0 Å². The highest BCUT2D eigenvalue weighted by Gasteiger charge is 2.29. The summed E-state index contributed by atoms with van der Waals surface area (Å²) in [6.07, 6.45) is 1.89. The molecule has 5 nitrogen and oxygen atoms in total. The molecule has 2 heterocycles. The summed E-state index contributed by atoms with van der Waals surface area (Å²) < 4.78 is 5.92. The number of piperidine rings is 1. The lowest BCUT2D eigenvalue weighted by Crippen LogP contribution is -2.39. The molecule has 2 aromatic carbocycles. The molecular weight excluding hydrogens is 338 g/mol. The van der Waals surface area contributed by atoms with Gasteiger partial charge in [-0.1, -0.05) is 35.4 Å². The minimum Gasteiger partial charge on any atom is -0.420 e. The van der Waals surface area contributed by atoms with Gasteiger partial charge in [-0.15, -0.1) is 10.2 Å². The topological polar surface area (TPSA) is 59.2 Å². The summed E-state index contributed by atoms with van der Waals surface area (Å²) >= 11 is 0. The van der Waals surface area contributed by atoms with Crippen molar-refractivity contribution in [2.75, 3.05) is 13.1 Å². The number of aromatic nitrogens is 2. The van der Waals surface area contributed by atoms with Gasteiger partial charge >= 0.3 is 0 Å². The Morgan fingerprint density at radius 1 is 1.07 bits per heavy atom. The summed E-state index contributed by atoms with van der Waals surface area (Å²) in [5.41, 5.74) is 3.88. The molecule has 1 saturated heterocycles. The largest absolute Gasteiger partial charge is 0.420 e. The number of likely N-dealkylation sites (tertiary alicyclic amines) is 1. The van der Waals surface area contributed by atoms with Crippen molar-refractivity contribution in [2.45, 2.75) is 32.6 Å². The second-order valence-electron chi connectivity index (χ2n) is 7.28. The maximum atomic E-state index is 13.0. The molecular formula is C22H23N3O2. The number of hydrogen-bond acceptors (Lipinski definition) is 4. The lowest BCUT2D eigenvalue weighted by Gasteiger charge is -2.31. The van der Waals surface area contributed by atoms with Gasteiger partial charge in [-0.2, -0.15) is 0 Å². The molecule has 0 spiro atoms. The molecule has 1 aliphatic heterocycles. The molecule has 0 aliphatic carbocycles. The number of hydrogen-bond donors (Lipinski definition) is 0. The normalized spacial score (nSPS) is 17.1. The third kappa shape index (κ3) is 3.77. The molecule has 3 aromatic rings. The Bertz CT molecular complexity index is 929. The predicted molar refractivity (Wildman–Crippen MR) is 104 cm³/mol. The van der Waals surface area contributed by atoms with Gasteiger partial charge in [-0.3, -0.25) is 4.79 Å². The maximum Gasteiger partial charge on any atom is 0.253 e. The van der Waals surface area contributed by atoms with Crippen LogP contribution < -0.4 is 0 Å². The van der Waals surface area contributed by atoms with E-state index in [0.717, 1.165) is 41.6 Å². The van der Waals surface area contributed by atoms with Gasteiger partial charge in [0.1, 0.15) is 0 Å². The van der Waals surface area contributed by atoms with E-state index in [9.17, 15) is 4.79 Å². The van der Waals surface area contributed by atoms with Crippen molar-refractivity contribution < 1.29 is 9.21 Å². The molecule has 0 N–H and O–H groups in total. The van der Waals surface area contributed by atoms with Gasteiger partial charge in [0, 0.05) is 24.2 Å². The zero-order valence-corrected chi connectivity index (χ0v) is 15.7. The number of carbonyl (C=O) groups is 1. The quantitative estimate of drug-likeness (QED) is 0.695. The van der Waals surface area contributed by atoms with Crippen LogP contribution in [0.15, 0.2) is 52.9 Å². The smallest absolute Gasteiger partial charge is 0.253 e. The summed E-state index contributed by atoms with van der Waals surface area (Å²) in [5.74, 6) is 1.31. The van der Waals surface area contributed by atoms with Crippen LogP contribution in [0.5, 0.6) is 0 Å². The van der Waals surface area contributed by atoms with Crippen molar-refractivity contribution in [2.24, 2.45) is 0 Å². The Hall–Kier alpha value is -2.95. The van der Waals surface area contributed by atoms with Gasteiger partial charge in [0.25, 0.3) is 5.91 Å². The average molecular weight is 361 g/mol. The number of rotatable bonds is 3. The second-order valence-corrected chi connectivity index (χ2v) is 7.28. The second kappa shape index (κ2) is 7.35. The highest BCUT2D eigenvalue weighted by molar-refractivity contribution is 5.94. The number of carbonyl (C=O) groups excluding carboxylic acids is 1. The van der Waals surface area contributed by atoms with Crippen molar-refractivity contribution in [3.63, 3.8) is 0 Å². The minimum atomic E-state index is 0.0781. The standard InChI is InChI=1S/C22H23N3O2/c1-15-11-16(2)13-19(12-15)22(26)25-10-6-9-18(14-25)21-24-23-20(27-21)17-7-4-3-5-8-17/h3-5,7-8,11-13,18H,6,9-10,14H2,1-2H3/t18-/m1/s1. The van der Waals surface area contributed by atoms with Crippen LogP contribution in [0.3, 0.4) is 0 Å². The van der Waals surface area contributed by atoms with Crippen LogP contribution in [0.2, 0.25) is 0 Å². The summed E-state index contributed by atoms with van der Waals surface area (Å²) in [4.78, 5) is 14.9. The molecule has 1 aliphatic rings. The van der Waals surface area contributed by atoms with E-state index in [0.29, 0.717) is 18.3 Å². The van der Waals surface area contributed by atoms with Crippen LogP contribution >= 0.6 is 0 Å². The molecule has 0 unspecified atom stereocenters. The summed E-state index contributed by atoms with van der Waals surface area (Å²) in [5, 5.41) is 8.45. The minimum absolute atomic E-state index is 0.0781. The van der Waals surface area contributed by atoms with E-state index in [2.05, 4.69) is 16.3 Å². The third-order valence-electron chi connectivity index (χ3n) is 4.99. The fraction of sp³-hybridized carbons (Fsp3) is 0.318. The van der Waals surface area contributed by atoms with Crippen LogP contribution in [-0.4, -0.2) is 34.1 Å². The first-order valence-corrected chi connectivity index (χ1v) is 9.36. The Morgan fingerprint density at radius 2 is 1.81 bits per heavy atom. The maximum absolute atomic E-state index is 13.0. The molecule has 0 radical (unpaired) electrons. The highest BCUT2D eigenvalue weighted by atomic mass is 16.4. The monoisotopic (exact) mass is 361 g/mol. The van der Waals surface area contributed by atoms with Crippen molar-refractivity contribution in [1.29, 1.82) is 0 Å². The van der Waals surface area contributed by atoms with Gasteiger partial charge in [0.05, 0.1) is 5.92 Å². The molecule has 0 saturated carbocycles. The van der Waals surface area contributed by atoms with Gasteiger partial charge in [-0.25, -0.2) is 0 Å². The van der Waals surface area contributed by atoms with Crippen molar-refractivity contribution in [1.82, 2.24) is 15.1 Å². The fourth-order valence-electron chi connectivity index (χ4n) is 3.74. The van der Waals surface area contributed by atoms with Crippen LogP contribution in [0.4, 0.5) is 0 Å². The molecule has 4 rings (SSSR count). The first kappa shape index (κ1) is 17.5. The lowest BCUT2D eigenvalue weighted by atomic mass is 9.97. The van der Waals surface area contributed by atoms with E-state index >= 15 is 0 Å². The van der Waals surface area contributed by atoms with Crippen LogP contribution in [-0.2, 0) is 0 Å². The van der Waals surface area contributed by atoms with E-state index in [1.54, 1.807) is 0 Å². The van der Waals surface area contributed by atoms with Crippen LogP contribution in [0.25, 0.3) is 11.5 Å². The number of amides is 1.